The van der Waals surface area contributed by atoms with Crippen LogP contribution in [0.5, 0.6) is 5.75 Å². The highest BCUT2D eigenvalue weighted by molar-refractivity contribution is 6.00. The number of carbonyl (C=O) groups excluding carboxylic acids is 1. The summed E-state index contributed by atoms with van der Waals surface area (Å²) in [4.78, 5) is 21.8. The van der Waals surface area contributed by atoms with Crippen LogP contribution in [0.2, 0.25) is 0 Å². The third kappa shape index (κ3) is 7.43. The smallest absolute Gasteiger partial charge is 0.266 e. The zero-order chi connectivity index (χ0) is 30.6. The van der Waals surface area contributed by atoms with E-state index in [1.807, 2.05) is 60.7 Å². The first-order valence-corrected chi connectivity index (χ1v) is 14.4. The molecule has 0 unspecified atom stereocenters. The summed E-state index contributed by atoms with van der Waals surface area (Å²) >= 11 is 0. The SMILES string of the molecule is [N-]=[N+]=Nc1ccccc1C[C@@]1(C(=O)NNCC(c2ccccc2)c2ccccc2)COC(c2ccc(OCCCO)cc2)=N1. The molecule has 4 aromatic carbocycles. The number of carbonyl (C=O) groups is 1. The Bertz CT molecular complexity index is 1570. The molecule has 10 nitrogen and oxygen atoms in total. The van der Waals surface area contributed by atoms with Crippen LogP contribution >= 0.6 is 0 Å². The number of benzene rings is 4. The summed E-state index contributed by atoms with van der Waals surface area (Å²) in [7, 11) is 0. The van der Waals surface area contributed by atoms with E-state index in [0.29, 0.717) is 48.0 Å². The zero-order valence-corrected chi connectivity index (χ0v) is 24.2. The Kier molecular flexibility index (Phi) is 10.2. The van der Waals surface area contributed by atoms with Gasteiger partial charge in [0, 0.05) is 48.1 Å². The summed E-state index contributed by atoms with van der Waals surface area (Å²) in [5, 5.41) is 12.8. The summed E-state index contributed by atoms with van der Waals surface area (Å²) in [6.45, 7) is 0.906. The van der Waals surface area contributed by atoms with Gasteiger partial charge in [0.05, 0.1) is 6.61 Å². The normalized spacial score (nSPS) is 15.6. The number of hydrogen-bond donors (Lipinski definition) is 3. The molecule has 44 heavy (non-hydrogen) atoms. The molecule has 0 spiro atoms. The van der Waals surface area contributed by atoms with Crippen molar-refractivity contribution < 1.29 is 19.4 Å². The van der Waals surface area contributed by atoms with E-state index in [2.05, 4.69) is 45.1 Å². The fourth-order valence-corrected chi connectivity index (χ4v) is 5.10. The number of hydrazine groups is 1. The maximum atomic E-state index is 14.0. The third-order valence-corrected chi connectivity index (χ3v) is 7.40. The van der Waals surface area contributed by atoms with Crippen LogP contribution in [0.3, 0.4) is 0 Å². The van der Waals surface area contributed by atoms with Crippen molar-refractivity contribution in [3.63, 3.8) is 0 Å². The van der Waals surface area contributed by atoms with Gasteiger partial charge in [-0.25, -0.2) is 10.4 Å². The van der Waals surface area contributed by atoms with Crippen molar-refractivity contribution in [2.75, 3.05) is 26.4 Å². The molecule has 0 bridgehead atoms. The molecule has 1 heterocycles. The van der Waals surface area contributed by atoms with Gasteiger partial charge in [0.15, 0.2) is 5.54 Å². The van der Waals surface area contributed by atoms with Crippen LogP contribution in [0.15, 0.2) is 119 Å². The largest absolute Gasteiger partial charge is 0.494 e. The minimum absolute atomic E-state index is 0.00339. The average molecular weight is 591 g/mol. The van der Waals surface area contributed by atoms with E-state index in [9.17, 15) is 4.79 Å². The van der Waals surface area contributed by atoms with Gasteiger partial charge in [0.1, 0.15) is 12.4 Å². The van der Waals surface area contributed by atoms with Crippen molar-refractivity contribution in [1.82, 2.24) is 10.9 Å². The molecule has 1 atom stereocenters. The van der Waals surface area contributed by atoms with Crippen molar-refractivity contribution in [2.45, 2.75) is 24.3 Å². The first-order chi connectivity index (χ1) is 21.6. The molecule has 3 N–H and O–H groups in total. The van der Waals surface area contributed by atoms with E-state index in [-0.39, 0.29) is 31.5 Å². The fourth-order valence-electron chi connectivity index (χ4n) is 5.10. The molecule has 0 saturated carbocycles. The lowest BCUT2D eigenvalue weighted by molar-refractivity contribution is -0.127. The average Bonchev–Trinajstić information content (AvgIpc) is 3.50. The van der Waals surface area contributed by atoms with Gasteiger partial charge in [-0.05, 0) is 46.5 Å². The van der Waals surface area contributed by atoms with Gasteiger partial charge in [-0.3, -0.25) is 10.2 Å². The number of nitrogens with one attached hydrogen (secondary N) is 2. The highest BCUT2D eigenvalue weighted by Gasteiger charge is 2.45. The van der Waals surface area contributed by atoms with Crippen LogP contribution in [-0.4, -0.2) is 48.8 Å². The number of rotatable bonds is 14. The van der Waals surface area contributed by atoms with E-state index in [0.717, 1.165) is 11.1 Å². The quantitative estimate of drug-likeness (QED) is 0.0576. The van der Waals surface area contributed by atoms with Crippen molar-refractivity contribution in [3.8, 4) is 5.75 Å². The molecule has 4 aromatic rings. The second-order valence-electron chi connectivity index (χ2n) is 10.4. The lowest BCUT2D eigenvalue weighted by Crippen LogP contribution is -2.53. The minimum atomic E-state index is -1.32. The van der Waals surface area contributed by atoms with Crippen molar-refractivity contribution in [1.29, 1.82) is 0 Å². The number of azide groups is 1. The second kappa shape index (κ2) is 14.8. The third-order valence-electron chi connectivity index (χ3n) is 7.40. The summed E-state index contributed by atoms with van der Waals surface area (Å²) in [6.07, 6.45) is 0.695. The summed E-state index contributed by atoms with van der Waals surface area (Å²) in [6, 6.07) is 34.6. The molecule has 1 aliphatic heterocycles. The number of ether oxygens (including phenoxy) is 2. The number of aliphatic hydroxyl groups excluding tert-OH is 1. The molecule has 0 aromatic heterocycles. The molecule has 0 aliphatic carbocycles. The van der Waals surface area contributed by atoms with Gasteiger partial charge in [-0.2, -0.15) is 0 Å². The standard InChI is InChI=1S/C34H34N6O4/c35-40-38-31-15-8-7-14-28(31)22-34(24-44-32(37-34)27-16-18-29(19-17-27)43-21-9-20-41)33(42)39-36-23-30(25-10-3-1-4-11-25)26-12-5-2-6-13-26/h1-8,10-19,30,36,41H,9,20-24H2,(H,39,42)/t34-/m0/s1. The Morgan fingerprint density at radius 1 is 0.977 bits per heavy atom. The Morgan fingerprint density at radius 2 is 1.64 bits per heavy atom. The molecule has 1 amide bonds. The van der Waals surface area contributed by atoms with Gasteiger partial charge in [-0.1, -0.05) is 90.0 Å². The van der Waals surface area contributed by atoms with E-state index in [1.54, 1.807) is 24.3 Å². The van der Waals surface area contributed by atoms with Gasteiger partial charge < -0.3 is 14.6 Å². The van der Waals surface area contributed by atoms with Crippen molar-refractivity contribution >= 4 is 17.5 Å². The number of nitrogens with zero attached hydrogens (tertiary/aromatic N) is 4. The summed E-state index contributed by atoms with van der Waals surface area (Å²) in [5.74, 6) is 0.613. The molecule has 0 saturated heterocycles. The fraction of sp³-hybridized carbons (Fsp3) is 0.235. The molecule has 0 fully saturated rings. The highest BCUT2D eigenvalue weighted by Crippen LogP contribution is 2.31. The van der Waals surface area contributed by atoms with E-state index in [4.69, 9.17) is 25.1 Å². The molecule has 10 heteroatoms. The first kappa shape index (κ1) is 30.3. The van der Waals surface area contributed by atoms with E-state index < -0.39 is 5.54 Å². The lowest BCUT2D eigenvalue weighted by Gasteiger charge is -2.25. The van der Waals surface area contributed by atoms with E-state index >= 15 is 0 Å². The van der Waals surface area contributed by atoms with Crippen molar-refractivity contribution in [3.05, 3.63) is 142 Å². The van der Waals surface area contributed by atoms with Crippen LogP contribution in [-0.2, 0) is 16.0 Å². The van der Waals surface area contributed by atoms with Crippen LogP contribution in [0.25, 0.3) is 10.4 Å². The van der Waals surface area contributed by atoms with Crippen LogP contribution in [0, 0.1) is 0 Å². The van der Waals surface area contributed by atoms with Crippen LogP contribution in [0.1, 0.15) is 34.6 Å². The van der Waals surface area contributed by atoms with Gasteiger partial charge in [-0.15, -0.1) is 0 Å². The Hall–Kier alpha value is -5.15. The Morgan fingerprint density at radius 3 is 2.30 bits per heavy atom. The Balaban J connectivity index is 1.38. The molecule has 1 aliphatic rings. The van der Waals surface area contributed by atoms with E-state index in [1.165, 1.54) is 0 Å². The number of hydrogen-bond acceptors (Lipinski definition) is 7. The predicted octanol–water partition coefficient (Wildman–Crippen LogP) is 5.60. The lowest BCUT2D eigenvalue weighted by atomic mass is 9.90. The first-order valence-electron chi connectivity index (χ1n) is 14.4. The number of aliphatic hydroxyl groups is 1. The number of amides is 1. The van der Waals surface area contributed by atoms with Crippen LogP contribution < -0.4 is 15.6 Å². The van der Waals surface area contributed by atoms with Gasteiger partial charge in [0.2, 0.25) is 5.90 Å². The molecular formula is C34H34N6O4. The molecule has 5 rings (SSSR count). The topological polar surface area (TPSA) is 141 Å². The molecule has 0 radical (unpaired) electrons. The summed E-state index contributed by atoms with van der Waals surface area (Å²) < 4.78 is 11.7. The van der Waals surface area contributed by atoms with Gasteiger partial charge >= 0.3 is 0 Å². The van der Waals surface area contributed by atoms with Crippen LogP contribution in [0.4, 0.5) is 5.69 Å². The minimum Gasteiger partial charge on any atom is -0.494 e. The Labute approximate surface area is 256 Å². The monoisotopic (exact) mass is 590 g/mol. The summed E-state index contributed by atoms with van der Waals surface area (Å²) in [5.41, 5.74) is 17.9. The number of aliphatic imine (C=N–C) groups is 1. The second-order valence-corrected chi connectivity index (χ2v) is 10.4. The zero-order valence-electron chi connectivity index (χ0n) is 24.2. The predicted molar refractivity (Wildman–Crippen MR) is 169 cm³/mol. The maximum absolute atomic E-state index is 14.0. The highest BCUT2D eigenvalue weighted by atomic mass is 16.5. The molecule has 224 valence electrons. The van der Waals surface area contributed by atoms with Crippen molar-refractivity contribution in [2.24, 2.45) is 10.1 Å². The molecular weight excluding hydrogens is 556 g/mol. The van der Waals surface area contributed by atoms with Gasteiger partial charge in [0.25, 0.3) is 5.91 Å². The maximum Gasteiger partial charge on any atom is 0.266 e.